The summed E-state index contributed by atoms with van der Waals surface area (Å²) >= 11 is 0. The van der Waals surface area contributed by atoms with E-state index in [1.165, 1.54) is 12.3 Å². The largest absolute Gasteiger partial charge is 0.508 e. The molecule has 0 fully saturated rings. The molecule has 0 atom stereocenters. The second-order valence-electron chi connectivity index (χ2n) is 4.56. The van der Waals surface area contributed by atoms with Crippen LogP contribution in [0.15, 0.2) is 53.6 Å². The molecule has 0 bridgehead atoms. The van der Waals surface area contributed by atoms with Crippen LogP contribution in [0.3, 0.4) is 0 Å². The van der Waals surface area contributed by atoms with Crippen LogP contribution < -0.4 is 14.9 Å². The van der Waals surface area contributed by atoms with E-state index in [2.05, 4.69) is 10.5 Å². The van der Waals surface area contributed by atoms with Crippen LogP contribution in [-0.2, 0) is 4.79 Å². The van der Waals surface area contributed by atoms with Crippen molar-refractivity contribution < 1.29 is 19.4 Å². The Bertz CT molecular complexity index is 686. The fourth-order valence-electron chi connectivity index (χ4n) is 1.80. The minimum atomic E-state index is -0.396. The summed E-state index contributed by atoms with van der Waals surface area (Å²) < 4.78 is 10.8. The van der Waals surface area contributed by atoms with Gasteiger partial charge in [-0.15, -0.1) is 0 Å². The van der Waals surface area contributed by atoms with Crippen molar-refractivity contribution in [2.24, 2.45) is 5.10 Å². The number of nitrogens with zero attached hydrogens (tertiary/aromatic N) is 1. The topological polar surface area (TPSA) is 80.2 Å². The molecule has 6 nitrogen and oxygen atoms in total. The van der Waals surface area contributed by atoms with Crippen molar-refractivity contribution in [3.05, 3.63) is 54.1 Å². The Kier molecular flexibility index (Phi) is 5.99. The molecule has 0 aliphatic carbocycles. The van der Waals surface area contributed by atoms with Gasteiger partial charge in [0.25, 0.3) is 5.91 Å². The molecule has 0 heterocycles. The molecular formula is C17H18N2O4. The number of phenols is 1. The van der Waals surface area contributed by atoms with Crippen LogP contribution in [0.4, 0.5) is 0 Å². The molecule has 2 rings (SSSR count). The maximum absolute atomic E-state index is 11.7. The van der Waals surface area contributed by atoms with Crippen molar-refractivity contribution in [3.8, 4) is 17.2 Å². The number of para-hydroxylation sites is 2. The highest BCUT2D eigenvalue weighted by atomic mass is 16.5. The Labute approximate surface area is 134 Å². The lowest BCUT2D eigenvalue weighted by molar-refractivity contribution is -0.123. The molecule has 0 aliphatic heterocycles. The van der Waals surface area contributed by atoms with Crippen molar-refractivity contribution >= 4 is 12.1 Å². The quantitative estimate of drug-likeness (QED) is 0.607. The molecule has 0 aliphatic rings. The van der Waals surface area contributed by atoms with E-state index in [0.717, 1.165) is 0 Å². The van der Waals surface area contributed by atoms with Crippen LogP contribution >= 0.6 is 0 Å². The first kappa shape index (κ1) is 16.4. The minimum Gasteiger partial charge on any atom is -0.508 e. The summed E-state index contributed by atoms with van der Waals surface area (Å²) in [5.74, 6) is 0.830. The number of aromatic hydroxyl groups is 1. The number of phenolic OH excluding ortho intramolecular Hbond substituents is 1. The SMILES string of the molecule is CCOc1ccccc1OCC(=O)N/N=C\c1cccc(O)c1. The second-order valence-corrected chi connectivity index (χ2v) is 4.56. The van der Waals surface area contributed by atoms with Gasteiger partial charge < -0.3 is 14.6 Å². The van der Waals surface area contributed by atoms with Crippen molar-refractivity contribution in [1.82, 2.24) is 5.43 Å². The van der Waals surface area contributed by atoms with E-state index in [1.807, 2.05) is 13.0 Å². The molecule has 0 aromatic heterocycles. The van der Waals surface area contributed by atoms with Gasteiger partial charge in [0.15, 0.2) is 18.1 Å². The van der Waals surface area contributed by atoms with E-state index in [-0.39, 0.29) is 12.4 Å². The molecule has 0 saturated carbocycles. The molecule has 2 N–H and O–H groups in total. The predicted molar refractivity (Wildman–Crippen MR) is 86.9 cm³/mol. The smallest absolute Gasteiger partial charge is 0.277 e. The molecular weight excluding hydrogens is 296 g/mol. The van der Waals surface area contributed by atoms with Crippen LogP contribution in [0.5, 0.6) is 17.2 Å². The molecule has 2 aromatic carbocycles. The zero-order valence-electron chi connectivity index (χ0n) is 12.7. The first-order valence-corrected chi connectivity index (χ1v) is 7.14. The summed E-state index contributed by atoms with van der Waals surface area (Å²) in [7, 11) is 0. The molecule has 1 amide bonds. The van der Waals surface area contributed by atoms with E-state index in [4.69, 9.17) is 9.47 Å². The Morgan fingerprint density at radius 1 is 1.17 bits per heavy atom. The molecule has 120 valence electrons. The third kappa shape index (κ3) is 5.35. The fourth-order valence-corrected chi connectivity index (χ4v) is 1.80. The number of amides is 1. The van der Waals surface area contributed by atoms with Gasteiger partial charge in [-0.05, 0) is 36.8 Å². The highest BCUT2D eigenvalue weighted by molar-refractivity contribution is 5.83. The number of nitrogens with one attached hydrogen (secondary N) is 1. The monoisotopic (exact) mass is 314 g/mol. The minimum absolute atomic E-state index is 0.135. The van der Waals surface area contributed by atoms with Gasteiger partial charge >= 0.3 is 0 Å². The number of hydrogen-bond acceptors (Lipinski definition) is 5. The first-order chi connectivity index (χ1) is 11.2. The standard InChI is InChI=1S/C17H18N2O4/c1-2-22-15-8-3-4-9-16(15)23-12-17(21)19-18-11-13-6-5-7-14(20)10-13/h3-11,20H,2,12H2,1H3,(H,19,21)/b18-11-. The average molecular weight is 314 g/mol. The maximum Gasteiger partial charge on any atom is 0.277 e. The third-order valence-corrected chi connectivity index (χ3v) is 2.78. The maximum atomic E-state index is 11.7. The summed E-state index contributed by atoms with van der Waals surface area (Å²) in [6, 6.07) is 13.7. The van der Waals surface area contributed by atoms with Crippen LogP contribution in [-0.4, -0.2) is 30.4 Å². The van der Waals surface area contributed by atoms with E-state index in [9.17, 15) is 9.90 Å². The Balaban J connectivity index is 1.84. The number of ether oxygens (including phenoxy) is 2. The summed E-state index contributed by atoms with van der Waals surface area (Å²) in [4.78, 5) is 11.7. The van der Waals surface area contributed by atoms with Gasteiger partial charge in [-0.2, -0.15) is 5.10 Å². The van der Waals surface area contributed by atoms with Gasteiger partial charge in [0.1, 0.15) is 5.75 Å². The normalized spacial score (nSPS) is 10.5. The highest BCUT2D eigenvalue weighted by Crippen LogP contribution is 2.26. The second kappa shape index (κ2) is 8.43. The fraction of sp³-hybridized carbons (Fsp3) is 0.176. The van der Waals surface area contributed by atoms with E-state index >= 15 is 0 Å². The predicted octanol–water partition coefficient (Wildman–Crippen LogP) is 2.32. The average Bonchev–Trinajstić information content (AvgIpc) is 2.54. The number of carbonyl (C=O) groups excluding carboxylic acids is 1. The first-order valence-electron chi connectivity index (χ1n) is 7.14. The number of rotatable bonds is 7. The summed E-state index contributed by atoms with van der Waals surface area (Å²) in [5.41, 5.74) is 3.03. The van der Waals surface area contributed by atoms with Crippen molar-refractivity contribution in [2.45, 2.75) is 6.92 Å². The highest BCUT2D eigenvalue weighted by Gasteiger charge is 2.06. The Hall–Kier alpha value is -3.02. The number of hydrazone groups is 1. The molecule has 0 unspecified atom stereocenters. The Morgan fingerprint density at radius 2 is 1.91 bits per heavy atom. The number of benzene rings is 2. The summed E-state index contributed by atoms with van der Waals surface area (Å²) in [5, 5.41) is 13.1. The van der Waals surface area contributed by atoms with Gasteiger partial charge in [-0.3, -0.25) is 4.79 Å². The van der Waals surface area contributed by atoms with Crippen LogP contribution in [0.25, 0.3) is 0 Å². The molecule has 0 saturated heterocycles. The van der Waals surface area contributed by atoms with Gasteiger partial charge in [0.2, 0.25) is 0 Å². The molecule has 0 spiro atoms. The molecule has 23 heavy (non-hydrogen) atoms. The van der Waals surface area contributed by atoms with Gasteiger partial charge in [0, 0.05) is 0 Å². The molecule has 6 heteroatoms. The van der Waals surface area contributed by atoms with E-state index in [1.54, 1.807) is 36.4 Å². The Morgan fingerprint density at radius 3 is 2.61 bits per heavy atom. The lowest BCUT2D eigenvalue weighted by atomic mass is 10.2. The van der Waals surface area contributed by atoms with E-state index < -0.39 is 5.91 Å². The zero-order chi connectivity index (χ0) is 16.5. The lowest BCUT2D eigenvalue weighted by Gasteiger charge is -2.10. The van der Waals surface area contributed by atoms with Gasteiger partial charge in [-0.1, -0.05) is 24.3 Å². The third-order valence-electron chi connectivity index (χ3n) is 2.78. The van der Waals surface area contributed by atoms with Crippen LogP contribution in [0.2, 0.25) is 0 Å². The lowest BCUT2D eigenvalue weighted by Crippen LogP contribution is -2.24. The molecule has 0 radical (unpaired) electrons. The summed E-state index contributed by atoms with van der Waals surface area (Å²) in [6.07, 6.45) is 1.44. The van der Waals surface area contributed by atoms with Crippen molar-refractivity contribution in [1.29, 1.82) is 0 Å². The van der Waals surface area contributed by atoms with Gasteiger partial charge in [0.05, 0.1) is 12.8 Å². The van der Waals surface area contributed by atoms with Crippen molar-refractivity contribution in [2.75, 3.05) is 13.2 Å². The van der Waals surface area contributed by atoms with Crippen LogP contribution in [0, 0.1) is 0 Å². The number of carbonyl (C=O) groups is 1. The van der Waals surface area contributed by atoms with Crippen molar-refractivity contribution in [3.63, 3.8) is 0 Å². The zero-order valence-corrected chi connectivity index (χ0v) is 12.7. The number of hydrogen-bond donors (Lipinski definition) is 2. The van der Waals surface area contributed by atoms with E-state index in [0.29, 0.717) is 23.7 Å². The van der Waals surface area contributed by atoms with Gasteiger partial charge in [-0.25, -0.2) is 5.43 Å². The molecule has 2 aromatic rings. The van der Waals surface area contributed by atoms with Crippen LogP contribution in [0.1, 0.15) is 12.5 Å². The summed E-state index contributed by atoms with van der Waals surface area (Å²) in [6.45, 7) is 2.21.